The quantitative estimate of drug-likeness (QED) is 0.251. The fourth-order valence-corrected chi connectivity index (χ4v) is 5.54. The van der Waals surface area contributed by atoms with Crippen molar-refractivity contribution in [3.05, 3.63) is 63.9 Å². The van der Waals surface area contributed by atoms with E-state index in [4.69, 9.17) is 0 Å². The number of likely N-dealkylation sites (tertiary alicyclic amines) is 1. The van der Waals surface area contributed by atoms with Crippen molar-refractivity contribution in [2.75, 3.05) is 11.9 Å². The van der Waals surface area contributed by atoms with Gasteiger partial charge in [0, 0.05) is 36.8 Å². The van der Waals surface area contributed by atoms with Crippen molar-refractivity contribution < 1.29 is 14.4 Å². The molecule has 0 saturated carbocycles. The Kier molecular flexibility index (Phi) is 7.50. The third-order valence-corrected chi connectivity index (χ3v) is 7.65. The highest BCUT2D eigenvalue weighted by Gasteiger charge is 2.38. The molecule has 206 valence electrons. The Bertz CT molecular complexity index is 1650. The van der Waals surface area contributed by atoms with Gasteiger partial charge in [-0.15, -0.1) is 0 Å². The van der Waals surface area contributed by atoms with Crippen LogP contribution < -0.4 is 5.32 Å². The van der Waals surface area contributed by atoms with E-state index in [1.165, 1.54) is 6.92 Å². The fraction of sp³-hybridized carbons (Fsp3) is 0.345. The molecule has 5 rings (SSSR count). The Morgan fingerprint density at radius 3 is 2.48 bits per heavy atom. The number of nitrogens with zero attached hydrogens (tertiary/aromatic N) is 6. The number of benzene rings is 1. The summed E-state index contributed by atoms with van der Waals surface area (Å²) in [5, 5.41) is 8.12. The zero-order chi connectivity index (χ0) is 28.7. The van der Waals surface area contributed by atoms with Gasteiger partial charge in [-0.25, -0.2) is 15.0 Å². The third kappa shape index (κ3) is 5.38. The van der Waals surface area contributed by atoms with Gasteiger partial charge in [-0.05, 0) is 83.9 Å². The van der Waals surface area contributed by atoms with Crippen LogP contribution in [0, 0.1) is 26.7 Å². The van der Waals surface area contributed by atoms with Crippen LogP contribution >= 0.6 is 15.9 Å². The van der Waals surface area contributed by atoms with Gasteiger partial charge in [-0.1, -0.05) is 13.0 Å². The molecular formula is C29H30BrN7O3. The minimum absolute atomic E-state index is 0.0950. The van der Waals surface area contributed by atoms with Crippen LogP contribution in [0.1, 0.15) is 47.7 Å². The van der Waals surface area contributed by atoms with Crippen LogP contribution in [0.15, 0.2) is 41.3 Å². The van der Waals surface area contributed by atoms with E-state index in [2.05, 4.69) is 41.3 Å². The number of fused-ring (bicyclic) bond motifs is 1. The summed E-state index contributed by atoms with van der Waals surface area (Å²) in [7, 11) is 0. The molecule has 0 unspecified atom stereocenters. The number of ketones is 1. The molecule has 4 aromatic rings. The van der Waals surface area contributed by atoms with Gasteiger partial charge in [-0.2, -0.15) is 5.10 Å². The maximum Gasteiger partial charge on any atom is 0.248 e. The first-order valence-electron chi connectivity index (χ1n) is 13.1. The van der Waals surface area contributed by atoms with E-state index in [-0.39, 0.29) is 30.1 Å². The lowest BCUT2D eigenvalue weighted by Crippen LogP contribution is -2.44. The first kappa shape index (κ1) is 27.6. The number of carbonyl (C=O) groups excluding carboxylic acids is 3. The number of hydrogen-bond acceptors (Lipinski definition) is 7. The molecule has 1 saturated heterocycles. The summed E-state index contributed by atoms with van der Waals surface area (Å²) in [6.45, 7) is 9.46. The number of aryl methyl sites for hydroxylation is 3. The highest BCUT2D eigenvalue weighted by molar-refractivity contribution is 9.10. The van der Waals surface area contributed by atoms with Crippen LogP contribution in [0.4, 0.5) is 5.82 Å². The number of rotatable bonds is 6. The number of amides is 2. The van der Waals surface area contributed by atoms with Crippen molar-refractivity contribution in [1.82, 2.24) is 29.6 Å². The molecule has 2 amide bonds. The monoisotopic (exact) mass is 603 g/mol. The van der Waals surface area contributed by atoms with Gasteiger partial charge < -0.3 is 10.2 Å². The Morgan fingerprint density at radius 1 is 1.05 bits per heavy atom. The van der Waals surface area contributed by atoms with Crippen molar-refractivity contribution in [1.29, 1.82) is 0 Å². The van der Waals surface area contributed by atoms with Crippen LogP contribution in [0.2, 0.25) is 0 Å². The number of hydrogen-bond donors (Lipinski definition) is 1. The summed E-state index contributed by atoms with van der Waals surface area (Å²) in [5.74, 6) is 0.571. The van der Waals surface area contributed by atoms with Gasteiger partial charge in [0.05, 0.1) is 5.52 Å². The topological polar surface area (TPSA) is 123 Å². The third-order valence-electron chi connectivity index (χ3n) is 7.21. The Hall–Kier alpha value is -3.99. The molecule has 4 heterocycles. The molecule has 1 fully saturated rings. The largest absolute Gasteiger partial charge is 0.329 e. The maximum absolute atomic E-state index is 13.7. The zero-order valence-corrected chi connectivity index (χ0v) is 24.6. The number of halogens is 1. The standard InChI is InChI=1S/C29H30BrN7O3/c1-15-8-23(29(40)34-28-16(2)6-7-24(30)33-28)36(13-15)25(39)14-37-27-17(3)9-20(21-11-31-19(5)32-12-21)10-22(27)26(35-37)18(4)38/h6-7,9-12,15,23H,8,13-14H2,1-5H3,(H,33,34,40)/t15-,23-/m0/s1. The molecule has 0 bridgehead atoms. The number of pyridine rings is 1. The van der Waals surface area contributed by atoms with Gasteiger partial charge in [0.15, 0.2) is 5.78 Å². The first-order valence-corrected chi connectivity index (χ1v) is 13.9. The van der Waals surface area contributed by atoms with Gasteiger partial charge in [0.25, 0.3) is 0 Å². The predicted molar refractivity (Wildman–Crippen MR) is 155 cm³/mol. The molecule has 0 radical (unpaired) electrons. The van der Waals surface area contributed by atoms with Crippen molar-refractivity contribution >= 4 is 50.2 Å². The van der Waals surface area contributed by atoms with Crippen LogP contribution in [0.3, 0.4) is 0 Å². The first-order chi connectivity index (χ1) is 19.0. The number of aromatic nitrogens is 5. The van der Waals surface area contributed by atoms with Crippen molar-refractivity contribution in [3.8, 4) is 11.1 Å². The lowest BCUT2D eigenvalue weighted by molar-refractivity contribution is -0.137. The lowest BCUT2D eigenvalue weighted by atomic mass is 10.0. The molecule has 1 aromatic carbocycles. The minimum Gasteiger partial charge on any atom is -0.329 e. The molecule has 40 heavy (non-hydrogen) atoms. The van der Waals surface area contributed by atoms with Crippen LogP contribution in [-0.4, -0.2) is 59.8 Å². The van der Waals surface area contributed by atoms with Crippen molar-refractivity contribution in [3.63, 3.8) is 0 Å². The second-order valence-corrected chi connectivity index (χ2v) is 11.3. The van der Waals surface area contributed by atoms with Crippen LogP contribution in [0.25, 0.3) is 22.0 Å². The van der Waals surface area contributed by atoms with Crippen molar-refractivity contribution in [2.24, 2.45) is 5.92 Å². The Labute approximate surface area is 240 Å². The number of Topliss-reactive ketones (excluding diaryl/α,β-unsaturated/α-hetero) is 1. The average molecular weight is 605 g/mol. The van der Waals surface area contributed by atoms with Gasteiger partial charge in [0.2, 0.25) is 11.8 Å². The minimum atomic E-state index is -0.633. The zero-order valence-electron chi connectivity index (χ0n) is 23.0. The molecule has 1 aliphatic rings. The molecular weight excluding hydrogens is 574 g/mol. The van der Waals surface area contributed by atoms with Gasteiger partial charge >= 0.3 is 0 Å². The highest BCUT2D eigenvalue weighted by atomic mass is 79.9. The summed E-state index contributed by atoms with van der Waals surface area (Å²) in [6, 6.07) is 6.90. The molecule has 1 N–H and O–H groups in total. The molecule has 1 aliphatic heterocycles. The van der Waals surface area contributed by atoms with Gasteiger partial charge in [0.1, 0.15) is 34.5 Å². The van der Waals surface area contributed by atoms with Crippen LogP contribution in [-0.2, 0) is 16.1 Å². The van der Waals surface area contributed by atoms with E-state index in [0.717, 1.165) is 22.3 Å². The second kappa shape index (κ2) is 10.9. The Balaban J connectivity index is 1.45. The predicted octanol–water partition coefficient (Wildman–Crippen LogP) is 4.65. The number of nitrogens with one attached hydrogen (secondary N) is 1. The Morgan fingerprint density at radius 2 is 1.77 bits per heavy atom. The molecule has 11 heteroatoms. The normalized spacial score (nSPS) is 16.9. The fourth-order valence-electron chi connectivity index (χ4n) is 5.23. The molecule has 3 aromatic heterocycles. The lowest BCUT2D eigenvalue weighted by Gasteiger charge is -2.24. The SMILES string of the molecule is CC(=O)c1nn(CC(=O)N2C[C@@H](C)C[C@H]2C(=O)Nc2nc(Br)ccc2C)c2c(C)cc(-c3cnc(C)nc3)cc12. The summed E-state index contributed by atoms with van der Waals surface area (Å²) in [5.41, 5.74) is 4.37. The summed E-state index contributed by atoms with van der Waals surface area (Å²) in [6.07, 6.45) is 4.04. The molecule has 2 atom stereocenters. The van der Waals surface area contributed by atoms with Gasteiger partial charge in [-0.3, -0.25) is 19.1 Å². The molecule has 0 aliphatic carbocycles. The summed E-state index contributed by atoms with van der Waals surface area (Å²) >= 11 is 3.34. The maximum atomic E-state index is 13.7. The smallest absolute Gasteiger partial charge is 0.248 e. The van der Waals surface area contributed by atoms with Crippen molar-refractivity contribution in [2.45, 2.75) is 53.6 Å². The van der Waals surface area contributed by atoms with E-state index >= 15 is 0 Å². The highest BCUT2D eigenvalue weighted by Crippen LogP contribution is 2.31. The summed E-state index contributed by atoms with van der Waals surface area (Å²) in [4.78, 5) is 54.1. The molecule has 10 nitrogen and oxygen atoms in total. The van der Waals surface area contributed by atoms with Crippen LogP contribution in [0.5, 0.6) is 0 Å². The van der Waals surface area contributed by atoms with E-state index < -0.39 is 6.04 Å². The van der Waals surface area contributed by atoms with E-state index in [1.807, 2.05) is 52.0 Å². The van der Waals surface area contributed by atoms with E-state index in [9.17, 15) is 14.4 Å². The summed E-state index contributed by atoms with van der Waals surface area (Å²) < 4.78 is 2.19. The number of anilines is 1. The molecule has 0 spiro atoms. The average Bonchev–Trinajstić information content (AvgIpc) is 3.48. The second-order valence-electron chi connectivity index (χ2n) is 10.5. The van der Waals surface area contributed by atoms with E-state index in [0.29, 0.717) is 45.8 Å². The van der Waals surface area contributed by atoms with E-state index in [1.54, 1.807) is 22.0 Å². The number of carbonyl (C=O) groups is 3.